The van der Waals surface area contributed by atoms with Crippen molar-refractivity contribution in [3.63, 3.8) is 0 Å². The Labute approximate surface area is 281 Å². The predicted octanol–water partition coefficient (Wildman–Crippen LogP) is 7.20. The first kappa shape index (κ1) is 32.5. The van der Waals surface area contributed by atoms with Crippen molar-refractivity contribution in [2.24, 2.45) is 17.8 Å². The average Bonchev–Trinajstić information content (AvgIpc) is 3.80. The Morgan fingerprint density at radius 2 is 1.83 bits per heavy atom. The van der Waals surface area contributed by atoms with Gasteiger partial charge < -0.3 is 19.5 Å². The number of benzene rings is 2. The van der Waals surface area contributed by atoms with E-state index in [-0.39, 0.29) is 29.2 Å². The number of likely N-dealkylation sites (tertiary alicyclic amines) is 1. The first-order valence-corrected chi connectivity index (χ1v) is 18.6. The number of phenolic OH excluding ortho intramolecular Hbond substituents is 1. The standard InChI is InChI=1S/C40H54N2O5/c1-26(2)24-42(36(45)15-11-6-4-5-8-12-28-13-9-7-10-14-28)32-19-18-31-33-22-30-34(44)23-35(46-27(3)43)38-37(30)40(31,39(32)47-38)20-21-41(33)25-29-16-17-29/h7,9-10,13-14,23,26,29,31-33,39,44H,4-6,8,11-12,15-22,24-25H2,1-3H3/t31-,32-,33+,39-,40-/m0/s1. The van der Waals surface area contributed by atoms with Crippen LogP contribution in [0.2, 0.25) is 0 Å². The van der Waals surface area contributed by atoms with Crippen LogP contribution in [0.3, 0.4) is 0 Å². The molecular formula is C40H54N2O5. The van der Waals surface area contributed by atoms with Crippen LogP contribution >= 0.6 is 0 Å². The minimum Gasteiger partial charge on any atom is -0.508 e. The van der Waals surface area contributed by atoms with Crippen molar-refractivity contribution in [1.82, 2.24) is 9.80 Å². The molecule has 0 unspecified atom stereocenters. The lowest BCUT2D eigenvalue weighted by molar-refractivity contribution is -0.143. The van der Waals surface area contributed by atoms with Crippen LogP contribution in [0.5, 0.6) is 17.2 Å². The van der Waals surface area contributed by atoms with Gasteiger partial charge in [-0.05, 0) is 87.6 Å². The van der Waals surface area contributed by atoms with Crippen LogP contribution in [-0.4, -0.2) is 64.6 Å². The number of amides is 1. The lowest BCUT2D eigenvalue weighted by atomic mass is 9.50. The molecule has 7 heteroatoms. The van der Waals surface area contributed by atoms with Gasteiger partial charge in [0.05, 0.1) is 6.04 Å². The second-order valence-electron chi connectivity index (χ2n) is 15.7. The summed E-state index contributed by atoms with van der Waals surface area (Å²) in [4.78, 5) is 31.2. The number of carbonyl (C=O) groups is 2. The summed E-state index contributed by atoms with van der Waals surface area (Å²) in [7, 11) is 0. The summed E-state index contributed by atoms with van der Waals surface area (Å²) < 4.78 is 12.7. The molecule has 2 heterocycles. The zero-order valence-corrected chi connectivity index (χ0v) is 28.7. The summed E-state index contributed by atoms with van der Waals surface area (Å²) >= 11 is 0. The van der Waals surface area contributed by atoms with E-state index in [0.29, 0.717) is 42.3 Å². The smallest absolute Gasteiger partial charge is 0.308 e. The number of hydrogen-bond acceptors (Lipinski definition) is 6. The molecule has 5 aliphatic rings. The van der Waals surface area contributed by atoms with Crippen molar-refractivity contribution in [3.05, 3.63) is 53.1 Å². The Bertz CT molecular complexity index is 1450. The van der Waals surface area contributed by atoms with Crippen molar-refractivity contribution in [2.45, 2.75) is 128 Å². The van der Waals surface area contributed by atoms with E-state index in [1.807, 2.05) is 0 Å². The number of nitrogens with zero attached hydrogens (tertiary/aromatic N) is 2. The van der Waals surface area contributed by atoms with Gasteiger partial charge in [0.15, 0.2) is 11.5 Å². The van der Waals surface area contributed by atoms with Gasteiger partial charge in [0.2, 0.25) is 5.91 Å². The number of unbranched alkanes of at least 4 members (excludes halogenated alkanes) is 4. The number of piperidine rings is 1. The summed E-state index contributed by atoms with van der Waals surface area (Å²) in [6, 6.07) is 12.6. The van der Waals surface area contributed by atoms with Gasteiger partial charge in [0, 0.05) is 55.1 Å². The molecular weight excluding hydrogens is 588 g/mol. The van der Waals surface area contributed by atoms with Gasteiger partial charge in [-0.25, -0.2) is 0 Å². The number of rotatable bonds is 14. The normalized spacial score (nSPS) is 27.3. The number of aromatic hydroxyl groups is 1. The zero-order valence-electron chi connectivity index (χ0n) is 28.7. The molecule has 1 spiro atoms. The highest BCUT2D eigenvalue weighted by Gasteiger charge is 2.67. The largest absolute Gasteiger partial charge is 0.508 e. The number of phenols is 1. The number of carbonyl (C=O) groups excluding carboxylic acids is 2. The second kappa shape index (κ2) is 13.4. The molecule has 2 aliphatic heterocycles. The second-order valence-corrected chi connectivity index (χ2v) is 15.7. The van der Waals surface area contributed by atoms with E-state index in [4.69, 9.17) is 9.47 Å². The number of aryl methyl sites for hydroxylation is 1. The maximum Gasteiger partial charge on any atom is 0.308 e. The van der Waals surface area contributed by atoms with Crippen LogP contribution < -0.4 is 9.47 Å². The van der Waals surface area contributed by atoms with Crippen LogP contribution in [0.25, 0.3) is 0 Å². The molecule has 5 atom stereocenters. The van der Waals surface area contributed by atoms with Gasteiger partial charge >= 0.3 is 5.97 Å². The summed E-state index contributed by atoms with van der Waals surface area (Å²) in [6.07, 6.45) is 13.4. The Balaban J connectivity index is 1.10. The molecule has 2 saturated carbocycles. The van der Waals surface area contributed by atoms with Crippen molar-refractivity contribution < 1.29 is 24.2 Å². The van der Waals surface area contributed by atoms with Crippen LogP contribution in [0, 0.1) is 17.8 Å². The van der Waals surface area contributed by atoms with Crippen molar-refractivity contribution in [2.75, 3.05) is 19.6 Å². The van der Waals surface area contributed by atoms with E-state index in [1.54, 1.807) is 6.07 Å². The fourth-order valence-corrected chi connectivity index (χ4v) is 9.80. The highest BCUT2D eigenvalue weighted by molar-refractivity contribution is 5.77. The Hall–Kier alpha value is -3.06. The number of esters is 1. The topological polar surface area (TPSA) is 79.3 Å². The van der Waals surface area contributed by atoms with Gasteiger partial charge in [0.1, 0.15) is 11.9 Å². The van der Waals surface area contributed by atoms with Crippen LogP contribution in [0.4, 0.5) is 0 Å². The molecule has 0 radical (unpaired) electrons. The van der Waals surface area contributed by atoms with Crippen molar-refractivity contribution >= 4 is 11.9 Å². The maximum absolute atomic E-state index is 14.1. The number of hydrogen-bond donors (Lipinski definition) is 1. The fraction of sp³-hybridized carbons (Fsp3) is 0.650. The minimum atomic E-state index is -0.422. The predicted molar refractivity (Wildman–Crippen MR) is 183 cm³/mol. The van der Waals surface area contributed by atoms with E-state index in [1.165, 1.54) is 38.2 Å². The summed E-state index contributed by atoms with van der Waals surface area (Å²) in [5, 5.41) is 11.4. The highest BCUT2D eigenvalue weighted by atomic mass is 16.6. The fourth-order valence-electron chi connectivity index (χ4n) is 9.80. The van der Waals surface area contributed by atoms with E-state index >= 15 is 0 Å². The van der Waals surface area contributed by atoms with E-state index in [0.717, 1.165) is 81.5 Å². The third kappa shape index (κ3) is 6.29. The van der Waals surface area contributed by atoms with E-state index in [2.05, 4.69) is 54.0 Å². The molecule has 2 aromatic carbocycles. The Morgan fingerprint density at radius 3 is 2.57 bits per heavy atom. The molecule has 2 bridgehead atoms. The molecule has 7 rings (SSSR count). The van der Waals surface area contributed by atoms with E-state index < -0.39 is 5.97 Å². The number of ether oxygens (including phenoxy) is 2. The van der Waals surface area contributed by atoms with Gasteiger partial charge in [-0.3, -0.25) is 14.5 Å². The minimum absolute atomic E-state index is 0.0478. The molecule has 1 saturated heterocycles. The first-order valence-electron chi connectivity index (χ1n) is 18.6. The summed E-state index contributed by atoms with van der Waals surface area (Å²) in [6.45, 7) is 8.65. The zero-order chi connectivity index (χ0) is 32.7. The third-order valence-electron chi connectivity index (χ3n) is 11.9. The van der Waals surface area contributed by atoms with Crippen LogP contribution in [0.15, 0.2) is 36.4 Å². The highest BCUT2D eigenvalue weighted by Crippen LogP contribution is 2.66. The molecule has 47 heavy (non-hydrogen) atoms. The SMILES string of the molecule is CC(=O)Oc1cc(O)c2c3c1O[C@H]1[C@@H](N(CC(C)C)C(=O)CCCCCCCc4ccccc4)CC[C@H]4[C@@H](C2)N(CC2CC2)CC[C@@]341. The molecule has 1 N–H and O–H groups in total. The van der Waals surface area contributed by atoms with Gasteiger partial charge in [-0.15, -0.1) is 0 Å². The van der Waals surface area contributed by atoms with Crippen LogP contribution in [-0.2, 0) is 27.8 Å². The maximum atomic E-state index is 14.1. The Morgan fingerprint density at radius 1 is 1.06 bits per heavy atom. The molecule has 0 aromatic heterocycles. The van der Waals surface area contributed by atoms with E-state index in [9.17, 15) is 14.7 Å². The third-order valence-corrected chi connectivity index (χ3v) is 11.9. The first-order chi connectivity index (χ1) is 22.8. The molecule has 2 aromatic rings. The van der Waals surface area contributed by atoms with Gasteiger partial charge in [0.25, 0.3) is 0 Å². The molecule has 1 amide bonds. The lowest BCUT2D eigenvalue weighted by Gasteiger charge is -2.60. The molecule has 7 nitrogen and oxygen atoms in total. The van der Waals surface area contributed by atoms with Crippen molar-refractivity contribution in [1.29, 1.82) is 0 Å². The Kier molecular flexibility index (Phi) is 9.30. The monoisotopic (exact) mass is 642 g/mol. The van der Waals surface area contributed by atoms with Gasteiger partial charge in [-0.2, -0.15) is 0 Å². The van der Waals surface area contributed by atoms with Gasteiger partial charge in [-0.1, -0.05) is 63.4 Å². The average molecular weight is 643 g/mol. The summed E-state index contributed by atoms with van der Waals surface area (Å²) in [5.74, 6) is 2.52. The van der Waals surface area contributed by atoms with Crippen LogP contribution in [0.1, 0.15) is 108 Å². The summed E-state index contributed by atoms with van der Waals surface area (Å²) in [5.41, 5.74) is 3.15. The lowest BCUT2D eigenvalue weighted by Crippen LogP contribution is -2.69. The molecule has 254 valence electrons. The molecule has 3 aliphatic carbocycles. The van der Waals surface area contributed by atoms with Crippen molar-refractivity contribution in [3.8, 4) is 17.2 Å². The quantitative estimate of drug-likeness (QED) is 0.133. The molecule has 3 fully saturated rings.